The molecular formula is C13H7BrClF2I. The Morgan fingerprint density at radius 3 is 2.50 bits per heavy atom. The minimum Gasteiger partial charge on any atom is -0.207 e. The van der Waals surface area contributed by atoms with E-state index < -0.39 is 17.0 Å². The summed E-state index contributed by atoms with van der Waals surface area (Å²) in [7, 11) is 0. The second kappa shape index (κ2) is 5.84. The SMILES string of the molecule is Fc1cc(C(Cl)c2cccc(I)c2)c(F)cc1Br. The van der Waals surface area contributed by atoms with E-state index in [-0.39, 0.29) is 10.0 Å². The molecule has 2 rings (SSSR count). The summed E-state index contributed by atoms with van der Waals surface area (Å²) < 4.78 is 28.3. The Morgan fingerprint density at radius 1 is 1.11 bits per heavy atom. The molecule has 0 saturated carbocycles. The molecule has 18 heavy (non-hydrogen) atoms. The highest BCUT2D eigenvalue weighted by Crippen LogP contribution is 2.33. The van der Waals surface area contributed by atoms with Crippen molar-refractivity contribution in [2.45, 2.75) is 5.38 Å². The molecule has 1 atom stereocenters. The summed E-state index contributed by atoms with van der Waals surface area (Å²) in [6, 6.07) is 9.59. The Hall–Kier alpha value is -0.200. The van der Waals surface area contributed by atoms with Gasteiger partial charge in [-0.25, -0.2) is 8.78 Å². The minimum atomic E-state index is -0.706. The van der Waals surface area contributed by atoms with Gasteiger partial charge in [-0.2, -0.15) is 0 Å². The number of benzene rings is 2. The molecule has 0 fully saturated rings. The van der Waals surface area contributed by atoms with E-state index in [4.69, 9.17) is 11.6 Å². The molecule has 0 aromatic heterocycles. The fraction of sp³-hybridized carbons (Fsp3) is 0.0769. The standard InChI is InChI=1S/C13H7BrClF2I/c14-10-6-11(16)9(5-12(10)17)13(15)7-2-1-3-8(18)4-7/h1-6,13H. The molecule has 0 bridgehead atoms. The summed E-state index contributed by atoms with van der Waals surface area (Å²) in [5, 5.41) is -0.706. The normalized spacial score (nSPS) is 12.5. The third-order valence-corrected chi connectivity index (χ3v) is 4.22. The van der Waals surface area contributed by atoms with E-state index >= 15 is 0 Å². The largest absolute Gasteiger partial charge is 0.207 e. The molecular weight excluding hydrogens is 436 g/mol. The van der Waals surface area contributed by atoms with Crippen molar-refractivity contribution in [3.63, 3.8) is 0 Å². The number of rotatable bonds is 2. The summed E-state index contributed by atoms with van der Waals surface area (Å²) in [6.45, 7) is 0. The second-order valence-corrected chi connectivity index (χ2v) is 6.24. The Labute approximate surface area is 131 Å². The van der Waals surface area contributed by atoms with Crippen LogP contribution in [0.3, 0.4) is 0 Å². The van der Waals surface area contributed by atoms with Crippen LogP contribution < -0.4 is 0 Å². The van der Waals surface area contributed by atoms with Gasteiger partial charge in [0.2, 0.25) is 0 Å². The van der Waals surface area contributed by atoms with E-state index in [0.29, 0.717) is 0 Å². The van der Waals surface area contributed by atoms with Crippen LogP contribution in [0.25, 0.3) is 0 Å². The van der Waals surface area contributed by atoms with E-state index in [2.05, 4.69) is 38.5 Å². The lowest BCUT2D eigenvalue weighted by Gasteiger charge is -2.12. The molecule has 1 unspecified atom stereocenters. The van der Waals surface area contributed by atoms with Gasteiger partial charge in [0.1, 0.15) is 11.6 Å². The van der Waals surface area contributed by atoms with Crippen molar-refractivity contribution in [2.24, 2.45) is 0 Å². The number of halogens is 5. The van der Waals surface area contributed by atoms with Crippen molar-refractivity contribution >= 4 is 50.1 Å². The Balaban J connectivity index is 2.46. The van der Waals surface area contributed by atoms with Gasteiger partial charge in [0.15, 0.2) is 0 Å². The second-order valence-electron chi connectivity index (χ2n) is 3.71. The molecule has 0 radical (unpaired) electrons. The van der Waals surface area contributed by atoms with E-state index in [1.165, 1.54) is 0 Å². The van der Waals surface area contributed by atoms with Crippen LogP contribution in [0.2, 0.25) is 0 Å². The highest BCUT2D eigenvalue weighted by atomic mass is 127. The van der Waals surface area contributed by atoms with Gasteiger partial charge in [0.25, 0.3) is 0 Å². The molecule has 0 nitrogen and oxygen atoms in total. The van der Waals surface area contributed by atoms with Crippen molar-refractivity contribution in [3.05, 3.63) is 67.2 Å². The highest BCUT2D eigenvalue weighted by Gasteiger charge is 2.18. The van der Waals surface area contributed by atoms with Gasteiger partial charge < -0.3 is 0 Å². The van der Waals surface area contributed by atoms with Crippen LogP contribution >= 0.6 is 50.1 Å². The van der Waals surface area contributed by atoms with Crippen LogP contribution in [0, 0.1) is 15.2 Å². The van der Waals surface area contributed by atoms with Crippen LogP contribution in [0.1, 0.15) is 16.5 Å². The van der Waals surface area contributed by atoms with Gasteiger partial charge in [0, 0.05) is 9.13 Å². The van der Waals surface area contributed by atoms with Gasteiger partial charge in [-0.15, -0.1) is 11.6 Å². The van der Waals surface area contributed by atoms with Crippen LogP contribution in [0.5, 0.6) is 0 Å². The molecule has 94 valence electrons. The first-order chi connectivity index (χ1) is 8.49. The predicted octanol–water partition coefficient (Wildman–Crippen LogP) is 5.66. The number of alkyl halides is 1. The molecule has 0 heterocycles. The first-order valence-corrected chi connectivity index (χ1v) is 7.34. The van der Waals surface area contributed by atoms with Crippen LogP contribution in [0.15, 0.2) is 40.9 Å². The molecule has 0 aliphatic carbocycles. The zero-order valence-corrected chi connectivity index (χ0v) is 13.4. The molecule has 0 amide bonds. The summed E-state index contributed by atoms with van der Waals surface area (Å²) in [5.41, 5.74) is 0.878. The fourth-order valence-corrected chi connectivity index (χ4v) is 2.76. The minimum absolute atomic E-state index is 0.0928. The molecule has 0 aliphatic rings. The van der Waals surface area contributed by atoms with Gasteiger partial charge in [-0.05, 0) is 68.3 Å². The third-order valence-electron chi connectivity index (χ3n) is 2.45. The van der Waals surface area contributed by atoms with E-state index in [1.807, 2.05) is 18.2 Å². The first kappa shape index (κ1) is 14.2. The average molecular weight is 443 g/mol. The van der Waals surface area contributed by atoms with Gasteiger partial charge >= 0.3 is 0 Å². The molecule has 5 heteroatoms. The lowest BCUT2D eigenvalue weighted by molar-refractivity contribution is 0.582. The molecule has 2 aromatic rings. The van der Waals surface area contributed by atoms with Crippen LogP contribution in [-0.2, 0) is 0 Å². The van der Waals surface area contributed by atoms with Gasteiger partial charge in [0.05, 0.1) is 9.85 Å². The van der Waals surface area contributed by atoms with Gasteiger partial charge in [-0.1, -0.05) is 12.1 Å². The van der Waals surface area contributed by atoms with Crippen LogP contribution in [0.4, 0.5) is 8.78 Å². The Kier molecular flexibility index (Phi) is 4.61. The maximum Gasteiger partial charge on any atom is 0.137 e. The summed E-state index contributed by atoms with van der Waals surface area (Å²) in [5.74, 6) is -1.05. The van der Waals surface area contributed by atoms with Crippen molar-refractivity contribution in [1.82, 2.24) is 0 Å². The smallest absolute Gasteiger partial charge is 0.137 e. The van der Waals surface area contributed by atoms with E-state index in [1.54, 1.807) is 6.07 Å². The maximum atomic E-state index is 13.8. The zero-order chi connectivity index (χ0) is 13.3. The quantitative estimate of drug-likeness (QED) is 0.319. The van der Waals surface area contributed by atoms with E-state index in [9.17, 15) is 8.78 Å². The zero-order valence-electron chi connectivity index (χ0n) is 8.93. The molecule has 0 aliphatic heterocycles. The molecule has 0 N–H and O–H groups in total. The lowest BCUT2D eigenvalue weighted by Crippen LogP contribution is -1.99. The van der Waals surface area contributed by atoms with Crippen LogP contribution in [-0.4, -0.2) is 0 Å². The fourth-order valence-electron chi connectivity index (χ4n) is 1.58. The third kappa shape index (κ3) is 3.03. The van der Waals surface area contributed by atoms with Crippen molar-refractivity contribution in [3.8, 4) is 0 Å². The average Bonchev–Trinajstić information content (AvgIpc) is 2.33. The maximum absolute atomic E-state index is 13.8. The number of hydrogen-bond acceptors (Lipinski definition) is 0. The monoisotopic (exact) mass is 442 g/mol. The summed E-state index contributed by atoms with van der Waals surface area (Å²) in [4.78, 5) is 0. The first-order valence-electron chi connectivity index (χ1n) is 5.03. The Bertz CT molecular complexity index is 589. The van der Waals surface area contributed by atoms with Crippen molar-refractivity contribution < 1.29 is 8.78 Å². The van der Waals surface area contributed by atoms with Gasteiger partial charge in [-0.3, -0.25) is 0 Å². The molecule has 0 saturated heterocycles. The number of hydrogen-bond donors (Lipinski definition) is 0. The topological polar surface area (TPSA) is 0 Å². The molecule has 0 spiro atoms. The highest BCUT2D eigenvalue weighted by molar-refractivity contribution is 14.1. The van der Waals surface area contributed by atoms with Crippen molar-refractivity contribution in [2.75, 3.05) is 0 Å². The molecule has 2 aromatic carbocycles. The van der Waals surface area contributed by atoms with Crippen molar-refractivity contribution in [1.29, 1.82) is 0 Å². The summed E-state index contributed by atoms with van der Waals surface area (Å²) >= 11 is 11.3. The predicted molar refractivity (Wildman–Crippen MR) is 80.9 cm³/mol. The summed E-state index contributed by atoms with van der Waals surface area (Å²) in [6.07, 6.45) is 0. The van der Waals surface area contributed by atoms with E-state index in [0.717, 1.165) is 21.3 Å². The Morgan fingerprint density at radius 2 is 1.83 bits per heavy atom. The lowest BCUT2D eigenvalue weighted by atomic mass is 10.0.